The number of hydrogen-bond acceptors (Lipinski definition) is 3. The molecule has 0 saturated heterocycles. The van der Waals surface area contributed by atoms with Crippen molar-refractivity contribution in [2.75, 3.05) is 0 Å². The molecule has 0 atom stereocenters. The van der Waals surface area contributed by atoms with Crippen LogP contribution in [0.3, 0.4) is 0 Å². The van der Waals surface area contributed by atoms with Crippen molar-refractivity contribution in [3.63, 3.8) is 0 Å². The minimum atomic E-state index is -0.756. The fourth-order valence-electron chi connectivity index (χ4n) is 8.74. The normalized spacial score (nSPS) is 13.5. The third kappa shape index (κ3) is 3.95. The molecule has 0 aliphatic carbocycles. The van der Waals surface area contributed by atoms with Crippen molar-refractivity contribution < 1.29 is 9.47 Å². The largest absolute Gasteiger partial charge is 0.457 e. The van der Waals surface area contributed by atoms with Crippen molar-refractivity contribution in [2.45, 2.75) is 5.41 Å². The summed E-state index contributed by atoms with van der Waals surface area (Å²) in [4.78, 5) is 4.67. The second-order valence-electron chi connectivity index (χ2n) is 13.4. The van der Waals surface area contributed by atoms with Gasteiger partial charge in [0.25, 0.3) is 0 Å². The summed E-state index contributed by atoms with van der Waals surface area (Å²) in [5.74, 6) is 3.29. The van der Waals surface area contributed by atoms with Gasteiger partial charge in [-0.25, -0.2) is 0 Å². The van der Waals surface area contributed by atoms with E-state index < -0.39 is 5.41 Å². The van der Waals surface area contributed by atoms with E-state index in [0.29, 0.717) is 0 Å². The van der Waals surface area contributed by atoms with Crippen LogP contribution < -0.4 is 9.47 Å². The maximum absolute atomic E-state index is 7.06. The molecule has 244 valence electrons. The van der Waals surface area contributed by atoms with Gasteiger partial charge in [-0.05, 0) is 71.8 Å². The molecule has 7 aromatic carbocycles. The van der Waals surface area contributed by atoms with Gasteiger partial charge in [0.1, 0.15) is 23.0 Å². The molecule has 2 aliphatic rings. The van der Waals surface area contributed by atoms with Crippen LogP contribution in [0.15, 0.2) is 182 Å². The van der Waals surface area contributed by atoms with Crippen LogP contribution in [-0.4, -0.2) is 9.55 Å². The number of nitrogens with zero attached hydrogens (tertiary/aromatic N) is 2. The molecule has 0 unspecified atom stereocenters. The maximum Gasteiger partial charge on any atom is 0.132 e. The summed E-state index contributed by atoms with van der Waals surface area (Å²) in [6, 6.07) is 62.1. The Bertz CT molecular complexity index is 2810. The molecule has 0 N–H and O–H groups in total. The van der Waals surface area contributed by atoms with Crippen molar-refractivity contribution >= 4 is 21.8 Å². The Morgan fingerprint density at radius 3 is 1.90 bits per heavy atom. The van der Waals surface area contributed by atoms with Crippen LogP contribution in [0.4, 0.5) is 0 Å². The number of benzene rings is 7. The summed E-state index contributed by atoms with van der Waals surface area (Å²) < 4.78 is 16.1. The van der Waals surface area contributed by atoms with E-state index in [2.05, 4.69) is 167 Å². The zero-order chi connectivity index (χ0) is 34.2. The number of para-hydroxylation sites is 4. The van der Waals surface area contributed by atoms with Crippen LogP contribution >= 0.6 is 0 Å². The SMILES string of the molecule is c1ccc(-n2c3ccccc3c3c(-c4cccc5c4C4(c6ccccc6Oc6ccccc64)c4ccc(-c6ccccn6)cc4O5)cccc32)cc1. The molecule has 4 heteroatoms. The monoisotopic (exact) mass is 666 g/mol. The molecule has 0 amide bonds. The van der Waals surface area contributed by atoms with E-state index in [1.807, 2.05) is 24.4 Å². The molecule has 1 spiro atoms. The summed E-state index contributed by atoms with van der Waals surface area (Å²) in [5.41, 5.74) is 11.2. The molecule has 11 rings (SSSR count). The van der Waals surface area contributed by atoms with Gasteiger partial charge < -0.3 is 14.0 Å². The minimum absolute atomic E-state index is 0.756. The predicted octanol–water partition coefficient (Wildman–Crippen LogP) is 12.1. The fourth-order valence-corrected chi connectivity index (χ4v) is 8.74. The summed E-state index contributed by atoms with van der Waals surface area (Å²) in [6.07, 6.45) is 1.83. The first-order valence-corrected chi connectivity index (χ1v) is 17.6. The Labute approximate surface area is 300 Å². The Balaban J connectivity index is 1.28. The van der Waals surface area contributed by atoms with Crippen molar-refractivity contribution in [3.05, 3.63) is 204 Å². The highest BCUT2D eigenvalue weighted by Gasteiger charge is 2.52. The lowest BCUT2D eigenvalue weighted by molar-refractivity contribution is 0.400. The number of ether oxygens (including phenoxy) is 2. The van der Waals surface area contributed by atoms with Crippen LogP contribution in [0.5, 0.6) is 23.0 Å². The van der Waals surface area contributed by atoms with Crippen molar-refractivity contribution in [1.29, 1.82) is 0 Å². The highest BCUT2D eigenvalue weighted by Crippen LogP contribution is 2.63. The van der Waals surface area contributed by atoms with Crippen LogP contribution in [0.2, 0.25) is 0 Å². The second-order valence-corrected chi connectivity index (χ2v) is 13.4. The summed E-state index contributed by atoms with van der Waals surface area (Å²) >= 11 is 0. The molecule has 2 aliphatic heterocycles. The Kier molecular flexibility index (Phi) is 6.13. The fraction of sp³-hybridized carbons (Fsp3) is 0.0208. The summed E-state index contributed by atoms with van der Waals surface area (Å²) in [5, 5.41) is 2.41. The molecule has 52 heavy (non-hydrogen) atoms. The molecule has 0 radical (unpaired) electrons. The van der Waals surface area contributed by atoms with E-state index in [-0.39, 0.29) is 0 Å². The number of rotatable bonds is 3. The Morgan fingerprint density at radius 2 is 1.10 bits per heavy atom. The average Bonchev–Trinajstić information content (AvgIpc) is 3.56. The highest BCUT2D eigenvalue weighted by atomic mass is 16.5. The zero-order valence-electron chi connectivity index (χ0n) is 28.0. The van der Waals surface area contributed by atoms with Gasteiger partial charge in [-0.2, -0.15) is 0 Å². The van der Waals surface area contributed by atoms with Gasteiger partial charge in [-0.15, -0.1) is 0 Å². The van der Waals surface area contributed by atoms with Gasteiger partial charge in [-0.3, -0.25) is 4.98 Å². The first kappa shape index (κ1) is 28.9. The van der Waals surface area contributed by atoms with Crippen LogP contribution in [0.25, 0.3) is 49.9 Å². The van der Waals surface area contributed by atoms with Gasteiger partial charge in [0.05, 0.1) is 22.1 Å². The molecule has 2 aromatic heterocycles. The number of pyridine rings is 1. The maximum atomic E-state index is 7.06. The first-order chi connectivity index (χ1) is 25.8. The third-order valence-electron chi connectivity index (χ3n) is 10.8. The Hall–Kier alpha value is -6.91. The van der Waals surface area contributed by atoms with Crippen molar-refractivity contribution in [2.24, 2.45) is 0 Å². The van der Waals surface area contributed by atoms with Gasteiger partial charge in [0.2, 0.25) is 0 Å². The highest BCUT2D eigenvalue weighted by molar-refractivity contribution is 6.16. The third-order valence-corrected chi connectivity index (χ3v) is 10.8. The van der Waals surface area contributed by atoms with E-state index in [9.17, 15) is 0 Å². The lowest BCUT2D eigenvalue weighted by Gasteiger charge is -2.45. The van der Waals surface area contributed by atoms with E-state index in [4.69, 9.17) is 9.47 Å². The van der Waals surface area contributed by atoms with Crippen molar-refractivity contribution in [1.82, 2.24) is 9.55 Å². The van der Waals surface area contributed by atoms with Gasteiger partial charge >= 0.3 is 0 Å². The molecule has 4 heterocycles. The lowest BCUT2D eigenvalue weighted by Crippen LogP contribution is -2.37. The molecule has 0 saturated carbocycles. The van der Waals surface area contributed by atoms with Crippen molar-refractivity contribution in [3.8, 4) is 51.1 Å². The smallest absolute Gasteiger partial charge is 0.132 e. The van der Waals surface area contributed by atoms with E-state index in [0.717, 1.165) is 78.8 Å². The zero-order valence-corrected chi connectivity index (χ0v) is 28.0. The molecule has 9 aromatic rings. The quantitative estimate of drug-likeness (QED) is 0.188. The second kappa shape index (κ2) is 11.0. The van der Waals surface area contributed by atoms with Crippen LogP contribution in [0.1, 0.15) is 22.3 Å². The molecule has 4 nitrogen and oxygen atoms in total. The molecule has 0 fully saturated rings. The molecular formula is C48H30N2O2. The average molecular weight is 667 g/mol. The topological polar surface area (TPSA) is 36.3 Å². The van der Waals surface area contributed by atoms with E-state index in [1.54, 1.807) is 0 Å². The molecule has 0 bridgehead atoms. The predicted molar refractivity (Wildman–Crippen MR) is 208 cm³/mol. The first-order valence-electron chi connectivity index (χ1n) is 17.6. The minimum Gasteiger partial charge on any atom is -0.457 e. The standard InChI is InChI=1S/C48H30N2O2/c1-2-14-32(15-3-1)50-40-22-7-4-16-35(40)46-33(17-12-23-41(46)50)34-18-13-26-44-47(34)48(36-19-5-8-24-42(36)51-43-25-9-6-20-37(43)48)38-28-27-31(30-45(38)52-44)39-21-10-11-29-49-39/h1-30H. The number of hydrogen-bond donors (Lipinski definition) is 0. The Morgan fingerprint density at radius 1 is 0.462 bits per heavy atom. The number of aromatic nitrogens is 2. The molecular weight excluding hydrogens is 637 g/mol. The van der Waals surface area contributed by atoms with E-state index >= 15 is 0 Å². The number of fused-ring (bicyclic) bond motifs is 11. The van der Waals surface area contributed by atoms with Crippen LogP contribution in [-0.2, 0) is 5.41 Å². The van der Waals surface area contributed by atoms with Gasteiger partial charge in [-0.1, -0.05) is 115 Å². The summed E-state index contributed by atoms with van der Waals surface area (Å²) in [7, 11) is 0. The van der Waals surface area contributed by atoms with Gasteiger partial charge in [0, 0.05) is 50.5 Å². The lowest BCUT2D eigenvalue weighted by atomic mass is 9.60. The summed E-state index contributed by atoms with van der Waals surface area (Å²) in [6.45, 7) is 0. The van der Waals surface area contributed by atoms with Gasteiger partial charge in [0.15, 0.2) is 0 Å². The van der Waals surface area contributed by atoms with Crippen LogP contribution in [0, 0.1) is 0 Å². The van der Waals surface area contributed by atoms with E-state index in [1.165, 1.54) is 16.3 Å².